The second-order valence-electron chi connectivity index (χ2n) is 6.78. The van der Waals surface area contributed by atoms with Crippen LogP contribution in [0.15, 0.2) is 41.2 Å². The highest BCUT2D eigenvalue weighted by atomic mass is 16.5. The highest BCUT2D eigenvalue weighted by Crippen LogP contribution is 2.22. The Morgan fingerprint density at radius 3 is 3.08 bits per heavy atom. The van der Waals surface area contributed by atoms with Crippen molar-refractivity contribution in [2.45, 2.75) is 32.7 Å². The van der Waals surface area contributed by atoms with Gasteiger partial charge in [-0.25, -0.2) is 4.98 Å². The first-order chi connectivity index (χ1) is 12.2. The molecule has 0 N–H and O–H groups in total. The van der Waals surface area contributed by atoms with Crippen LogP contribution in [0.25, 0.3) is 11.0 Å². The molecule has 2 aromatic heterocycles. The van der Waals surface area contributed by atoms with Crippen molar-refractivity contribution in [1.82, 2.24) is 19.6 Å². The van der Waals surface area contributed by atoms with E-state index in [1.54, 1.807) is 0 Å². The Bertz CT molecular complexity index is 882. The zero-order valence-corrected chi connectivity index (χ0v) is 14.4. The van der Waals surface area contributed by atoms with Gasteiger partial charge in [0.25, 0.3) is 0 Å². The molecule has 3 heterocycles. The quantitative estimate of drug-likeness (QED) is 0.734. The minimum Gasteiger partial charge on any atom is -0.356 e. The molecular weight excluding hydrogens is 316 g/mol. The number of carbonyl (C=O) groups is 1. The number of para-hydroxylation sites is 1. The van der Waals surface area contributed by atoms with Crippen LogP contribution < -0.4 is 0 Å². The largest absolute Gasteiger partial charge is 0.356 e. The molecule has 0 aliphatic carbocycles. The molecule has 0 bridgehead atoms. The van der Waals surface area contributed by atoms with E-state index in [0.29, 0.717) is 12.3 Å². The lowest BCUT2D eigenvalue weighted by molar-refractivity contribution is -0.132. The number of benzene rings is 1. The molecule has 1 aliphatic heterocycles. The number of aryl methyl sites for hydroxylation is 1. The third kappa shape index (κ3) is 3.29. The van der Waals surface area contributed by atoms with Crippen molar-refractivity contribution in [3.05, 3.63) is 48.2 Å². The van der Waals surface area contributed by atoms with Gasteiger partial charge in [-0.15, -0.1) is 0 Å². The second kappa shape index (κ2) is 6.70. The molecule has 6 nitrogen and oxygen atoms in total. The van der Waals surface area contributed by atoms with Gasteiger partial charge in [-0.05, 0) is 37.8 Å². The Morgan fingerprint density at radius 2 is 2.24 bits per heavy atom. The van der Waals surface area contributed by atoms with Crippen LogP contribution in [0.3, 0.4) is 0 Å². The molecule has 0 radical (unpaired) electrons. The third-order valence-corrected chi connectivity index (χ3v) is 5.02. The van der Waals surface area contributed by atoms with E-state index in [-0.39, 0.29) is 5.91 Å². The highest BCUT2D eigenvalue weighted by molar-refractivity contribution is 5.86. The fraction of sp³-hybridized carbons (Fsp3) is 0.421. The molecule has 25 heavy (non-hydrogen) atoms. The number of piperidine rings is 1. The number of rotatable bonds is 4. The van der Waals surface area contributed by atoms with Crippen LogP contribution in [-0.2, 0) is 17.8 Å². The van der Waals surface area contributed by atoms with Gasteiger partial charge in [-0.2, -0.15) is 0 Å². The maximum Gasteiger partial charge on any atom is 0.228 e. The zero-order valence-electron chi connectivity index (χ0n) is 14.4. The fourth-order valence-electron chi connectivity index (χ4n) is 3.64. The second-order valence-corrected chi connectivity index (χ2v) is 6.78. The number of likely N-dealkylation sites (tertiary alicyclic amines) is 1. The minimum atomic E-state index is 0.131. The van der Waals surface area contributed by atoms with Crippen LogP contribution in [-0.4, -0.2) is 38.6 Å². The van der Waals surface area contributed by atoms with Crippen molar-refractivity contribution in [3.63, 3.8) is 0 Å². The van der Waals surface area contributed by atoms with Crippen LogP contribution in [0.4, 0.5) is 0 Å². The lowest BCUT2D eigenvalue weighted by Crippen LogP contribution is -2.41. The van der Waals surface area contributed by atoms with Gasteiger partial charge in [0.1, 0.15) is 11.5 Å². The summed E-state index contributed by atoms with van der Waals surface area (Å²) in [7, 11) is 0. The van der Waals surface area contributed by atoms with Crippen molar-refractivity contribution in [2.75, 3.05) is 13.1 Å². The summed E-state index contributed by atoms with van der Waals surface area (Å²) in [4.78, 5) is 19.0. The number of carbonyl (C=O) groups excluding carboxylic acids is 1. The average molecular weight is 338 g/mol. The van der Waals surface area contributed by atoms with Crippen LogP contribution in [0.1, 0.15) is 24.4 Å². The Morgan fingerprint density at radius 1 is 1.36 bits per heavy atom. The SMILES string of the molecule is Cc1nccn1CC1CCCN(C(=O)Cc2noc3ccccc23)C1. The average Bonchev–Trinajstić information content (AvgIpc) is 3.22. The van der Waals surface area contributed by atoms with E-state index < -0.39 is 0 Å². The first kappa shape index (κ1) is 15.9. The number of imidazole rings is 1. The monoisotopic (exact) mass is 338 g/mol. The summed E-state index contributed by atoms with van der Waals surface area (Å²) >= 11 is 0. The van der Waals surface area contributed by atoms with Gasteiger partial charge < -0.3 is 14.0 Å². The van der Waals surface area contributed by atoms with Gasteiger partial charge in [0, 0.05) is 37.4 Å². The summed E-state index contributed by atoms with van der Waals surface area (Å²) in [6.07, 6.45) is 6.33. The van der Waals surface area contributed by atoms with E-state index in [1.807, 2.05) is 48.5 Å². The molecule has 1 fully saturated rings. The van der Waals surface area contributed by atoms with Crippen LogP contribution in [0, 0.1) is 12.8 Å². The van der Waals surface area contributed by atoms with E-state index in [0.717, 1.165) is 55.0 Å². The van der Waals surface area contributed by atoms with Gasteiger partial charge >= 0.3 is 0 Å². The molecule has 1 atom stereocenters. The third-order valence-electron chi connectivity index (χ3n) is 5.02. The molecule has 1 amide bonds. The molecule has 1 unspecified atom stereocenters. The van der Waals surface area contributed by atoms with Crippen LogP contribution >= 0.6 is 0 Å². The molecule has 130 valence electrons. The minimum absolute atomic E-state index is 0.131. The molecule has 1 aliphatic rings. The van der Waals surface area contributed by atoms with Gasteiger partial charge in [0.05, 0.1) is 6.42 Å². The number of nitrogens with zero attached hydrogens (tertiary/aromatic N) is 4. The van der Waals surface area contributed by atoms with Gasteiger partial charge in [-0.3, -0.25) is 4.79 Å². The summed E-state index contributed by atoms with van der Waals surface area (Å²) in [6.45, 7) is 4.56. The molecule has 3 aromatic rings. The number of amides is 1. The highest BCUT2D eigenvalue weighted by Gasteiger charge is 2.25. The normalized spacial score (nSPS) is 18.0. The van der Waals surface area contributed by atoms with E-state index in [2.05, 4.69) is 14.7 Å². The Balaban J connectivity index is 1.42. The van der Waals surface area contributed by atoms with Gasteiger partial charge in [0.15, 0.2) is 5.58 Å². The van der Waals surface area contributed by atoms with Crippen molar-refractivity contribution >= 4 is 16.9 Å². The molecule has 0 saturated carbocycles. The van der Waals surface area contributed by atoms with Gasteiger partial charge in [0.2, 0.25) is 5.91 Å². The number of fused-ring (bicyclic) bond motifs is 1. The fourth-order valence-corrected chi connectivity index (χ4v) is 3.64. The summed E-state index contributed by atoms with van der Waals surface area (Å²) < 4.78 is 7.48. The summed E-state index contributed by atoms with van der Waals surface area (Å²) in [5.41, 5.74) is 1.46. The predicted molar refractivity (Wildman–Crippen MR) is 94.0 cm³/mol. The first-order valence-electron chi connectivity index (χ1n) is 8.79. The lowest BCUT2D eigenvalue weighted by atomic mass is 9.97. The molecule has 0 spiro atoms. The zero-order chi connectivity index (χ0) is 17.2. The van der Waals surface area contributed by atoms with Crippen molar-refractivity contribution < 1.29 is 9.32 Å². The molecule has 6 heteroatoms. The molecule has 1 saturated heterocycles. The lowest BCUT2D eigenvalue weighted by Gasteiger charge is -2.33. The van der Waals surface area contributed by atoms with Crippen LogP contribution in [0.5, 0.6) is 0 Å². The summed E-state index contributed by atoms with van der Waals surface area (Å²) in [5, 5.41) is 5.02. The van der Waals surface area contributed by atoms with Crippen molar-refractivity contribution in [1.29, 1.82) is 0 Å². The standard InChI is InChI=1S/C19H22N4O2/c1-14-20-8-10-22(14)12-15-5-4-9-23(13-15)19(24)11-17-16-6-2-3-7-18(16)25-21-17/h2-3,6-8,10,15H,4-5,9,11-13H2,1H3. The predicted octanol–water partition coefficient (Wildman–Crippen LogP) is 2.81. The molecule has 1 aromatic carbocycles. The van der Waals surface area contributed by atoms with E-state index in [4.69, 9.17) is 4.52 Å². The number of hydrogen-bond acceptors (Lipinski definition) is 4. The summed E-state index contributed by atoms with van der Waals surface area (Å²) in [6, 6.07) is 7.68. The maximum atomic E-state index is 12.7. The van der Waals surface area contributed by atoms with Crippen molar-refractivity contribution in [2.24, 2.45) is 5.92 Å². The van der Waals surface area contributed by atoms with Crippen LogP contribution in [0.2, 0.25) is 0 Å². The summed E-state index contributed by atoms with van der Waals surface area (Å²) in [5.74, 6) is 1.63. The van der Waals surface area contributed by atoms with E-state index in [1.165, 1.54) is 0 Å². The topological polar surface area (TPSA) is 64.2 Å². The smallest absolute Gasteiger partial charge is 0.228 e. The number of hydrogen-bond donors (Lipinski definition) is 0. The molecule has 4 rings (SSSR count). The Kier molecular flexibility index (Phi) is 4.26. The first-order valence-corrected chi connectivity index (χ1v) is 8.79. The van der Waals surface area contributed by atoms with E-state index >= 15 is 0 Å². The van der Waals surface area contributed by atoms with Gasteiger partial charge in [-0.1, -0.05) is 17.3 Å². The van der Waals surface area contributed by atoms with E-state index in [9.17, 15) is 4.79 Å². The maximum absolute atomic E-state index is 12.7. The number of aromatic nitrogens is 3. The Labute approximate surface area is 146 Å². The Hall–Kier alpha value is -2.63. The molecular formula is C19H22N4O2. The van der Waals surface area contributed by atoms with Crippen molar-refractivity contribution in [3.8, 4) is 0 Å².